The van der Waals surface area contributed by atoms with Crippen LogP contribution in [0.15, 0.2) is 24.3 Å². The highest BCUT2D eigenvalue weighted by molar-refractivity contribution is 7.88. The normalized spacial score (nSPS) is 23.8. The molecular weight excluding hydrogens is 332 g/mol. The summed E-state index contributed by atoms with van der Waals surface area (Å²) in [5.74, 6) is 0.758. The third-order valence-electron chi connectivity index (χ3n) is 6.01. The first-order chi connectivity index (χ1) is 11.8. The smallest absolute Gasteiger partial charge is 0.209 e. The van der Waals surface area contributed by atoms with E-state index in [9.17, 15) is 8.42 Å². The Morgan fingerprint density at radius 3 is 2.56 bits per heavy atom. The van der Waals surface area contributed by atoms with E-state index in [0.717, 1.165) is 31.8 Å². The molecule has 1 aromatic carbocycles. The van der Waals surface area contributed by atoms with E-state index in [2.05, 4.69) is 41.7 Å². The van der Waals surface area contributed by atoms with Crippen molar-refractivity contribution < 1.29 is 9.84 Å². The number of nitrogens with zero attached hydrogens (tertiary/aromatic N) is 1. The number of hydrogen-bond acceptors (Lipinski definition) is 3. The second-order valence-corrected chi connectivity index (χ2v) is 10.2. The molecule has 25 heavy (non-hydrogen) atoms. The van der Waals surface area contributed by atoms with Gasteiger partial charge in [-0.1, -0.05) is 38.1 Å². The summed E-state index contributed by atoms with van der Waals surface area (Å²) in [6.07, 6.45) is 6.88. The highest BCUT2D eigenvalue weighted by Crippen LogP contribution is 2.48. The number of piperidine rings is 1. The fourth-order valence-electron chi connectivity index (χ4n) is 4.54. The van der Waals surface area contributed by atoms with Crippen molar-refractivity contribution in [1.29, 1.82) is 0 Å². The Bertz CT molecular complexity index is 698. The Labute approximate surface area is 154 Å². The predicted octanol–water partition coefficient (Wildman–Crippen LogP) is 3.70. The van der Waals surface area contributed by atoms with E-state index in [-0.39, 0.29) is 12.9 Å². The van der Waals surface area contributed by atoms with E-state index in [0.29, 0.717) is 0 Å². The van der Waals surface area contributed by atoms with Gasteiger partial charge in [0.05, 0.1) is 6.26 Å². The van der Waals surface area contributed by atoms with Gasteiger partial charge in [0.1, 0.15) is 0 Å². The maximum Gasteiger partial charge on any atom is 0.209 e. The molecule has 0 aromatic heterocycles. The Balaban J connectivity index is 0.00000243. The van der Waals surface area contributed by atoms with Gasteiger partial charge in [0.2, 0.25) is 10.0 Å². The lowest BCUT2D eigenvalue weighted by Gasteiger charge is -2.47. The van der Waals surface area contributed by atoms with Crippen LogP contribution in [0.2, 0.25) is 0 Å². The Morgan fingerprint density at radius 1 is 1.24 bits per heavy atom. The summed E-state index contributed by atoms with van der Waals surface area (Å²) in [5.41, 5.74) is 2.81. The van der Waals surface area contributed by atoms with E-state index in [1.54, 1.807) is 0 Å². The fourth-order valence-corrected chi connectivity index (χ4v) is 5.30. The van der Waals surface area contributed by atoms with E-state index in [1.165, 1.54) is 43.2 Å². The van der Waals surface area contributed by atoms with Gasteiger partial charge in [-0.3, -0.25) is 0 Å². The zero-order valence-electron chi connectivity index (χ0n) is 15.8. The van der Waals surface area contributed by atoms with Crippen molar-refractivity contribution in [3.63, 3.8) is 0 Å². The van der Waals surface area contributed by atoms with Crippen molar-refractivity contribution in [3.8, 4) is 0 Å². The highest BCUT2D eigenvalue weighted by atomic mass is 32.2. The highest BCUT2D eigenvalue weighted by Gasteiger charge is 2.42. The lowest BCUT2D eigenvalue weighted by molar-refractivity contribution is 0.136. The van der Waals surface area contributed by atoms with Gasteiger partial charge in [0, 0.05) is 7.47 Å². The minimum absolute atomic E-state index is 0. The Kier molecular flexibility index (Phi) is 5.57. The molecule has 0 saturated carbocycles. The maximum absolute atomic E-state index is 11.7. The molecule has 5 heteroatoms. The van der Waals surface area contributed by atoms with Crippen LogP contribution < -0.4 is 4.72 Å². The summed E-state index contributed by atoms with van der Waals surface area (Å²) in [6.45, 7) is 8.10. The first kappa shape index (κ1) is 18.9. The van der Waals surface area contributed by atoms with Crippen molar-refractivity contribution in [2.75, 3.05) is 25.9 Å². The topological polar surface area (TPSA) is 49.4 Å². The molecule has 1 saturated heterocycles. The van der Waals surface area contributed by atoms with Crippen LogP contribution in [0.4, 0.5) is 0 Å². The Morgan fingerprint density at radius 2 is 1.92 bits per heavy atom. The summed E-state index contributed by atoms with van der Waals surface area (Å²) in [4.78, 5) is 2.61. The summed E-state index contributed by atoms with van der Waals surface area (Å²) < 4.78 is 26.3. The van der Waals surface area contributed by atoms with Gasteiger partial charge in [-0.2, -0.15) is 0 Å². The predicted molar refractivity (Wildman–Crippen MR) is 105 cm³/mol. The molecule has 1 atom stereocenters. The van der Waals surface area contributed by atoms with Crippen LogP contribution in [0, 0.1) is 5.92 Å². The largest absolute Gasteiger partial charge is 0.303 e. The first-order valence-electron chi connectivity index (χ1n) is 9.58. The third-order valence-corrected chi connectivity index (χ3v) is 6.72. The van der Waals surface area contributed by atoms with Gasteiger partial charge in [0.15, 0.2) is 0 Å². The molecule has 1 heterocycles. The molecule has 3 rings (SSSR count). The SMILES string of the molecule is CC(C)CCN1CCC2(CC[C@H](NS(C)(=O)=O)c3ccccc32)CC1.[HH]. The quantitative estimate of drug-likeness (QED) is 0.864. The Hall–Kier alpha value is -0.910. The summed E-state index contributed by atoms with van der Waals surface area (Å²) in [7, 11) is -3.19. The number of benzene rings is 1. The van der Waals surface area contributed by atoms with Crippen molar-refractivity contribution in [3.05, 3.63) is 35.4 Å². The third kappa shape index (κ3) is 4.44. The number of rotatable bonds is 5. The van der Waals surface area contributed by atoms with Gasteiger partial charge in [-0.15, -0.1) is 0 Å². The number of fused-ring (bicyclic) bond motifs is 2. The number of hydrogen-bond donors (Lipinski definition) is 1. The van der Waals surface area contributed by atoms with Crippen molar-refractivity contribution in [1.82, 2.24) is 9.62 Å². The summed E-state index contributed by atoms with van der Waals surface area (Å²) in [5, 5.41) is 0. The monoisotopic (exact) mass is 366 g/mol. The summed E-state index contributed by atoms with van der Waals surface area (Å²) in [6, 6.07) is 8.41. The standard InChI is InChI=1S/C20H32N2O2S.H2/c1-16(2)9-13-22-14-11-20(12-15-22)10-8-19(21-25(3,23)24)17-6-4-5-7-18(17)20;/h4-7,16,19,21H,8-15H2,1-3H3;1H/t19-;/m0./s1. The minimum atomic E-state index is -3.19. The molecule has 1 fully saturated rings. The molecule has 1 N–H and O–H groups in total. The summed E-state index contributed by atoms with van der Waals surface area (Å²) >= 11 is 0. The molecule has 4 nitrogen and oxygen atoms in total. The average molecular weight is 367 g/mol. The molecule has 1 aromatic rings. The lowest BCUT2D eigenvalue weighted by atomic mass is 9.64. The van der Waals surface area contributed by atoms with Crippen LogP contribution in [0.25, 0.3) is 0 Å². The van der Waals surface area contributed by atoms with Gasteiger partial charge < -0.3 is 4.90 Å². The van der Waals surface area contributed by atoms with E-state index in [1.807, 2.05) is 6.07 Å². The second-order valence-electron chi connectivity index (χ2n) is 8.37. The maximum atomic E-state index is 11.7. The fraction of sp³-hybridized carbons (Fsp3) is 0.700. The molecule has 0 unspecified atom stereocenters. The van der Waals surface area contributed by atoms with Crippen LogP contribution in [-0.2, 0) is 15.4 Å². The molecule has 0 bridgehead atoms. The van der Waals surface area contributed by atoms with Gasteiger partial charge in [-0.05, 0) is 74.2 Å². The van der Waals surface area contributed by atoms with E-state index >= 15 is 0 Å². The van der Waals surface area contributed by atoms with Crippen LogP contribution in [0.1, 0.15) is 64.5 Å². The minimum Gasteiger partial charge on any atom is -0.303 e. The molecule has 0 radical (unpaired) electrons. The molecule has 0 amide bonds. The molecule has 142 valence electrons. The van der Waals surface area contributed by atoms with Gasteiger partial charge in [-0.25, -0.2) is 13.1 Å². The number of likely N-dealkylation sites (tertiary alicyclic amines) is 1. The molecule has 1 aliphatic heterocycles. The van der Waals surface area contributed by atoms with Gasteiger partial charge >= 0.3 is 0 Å². The zero-order chi connectivity index (χ0) is 18.1. The molecule has 1 aliphatic carbocycles. The van der Waals surface area contributed by atoms with E-state index in [4.69, 9.17) is 0 Å². The first-order valence-corrected chi connectivity index (χ1v) is 11.5. The van der Waals surface area contributed by atoms with Crippen LogP contribution in [0.5, 0.6) is 0 Å². The van der Waals surface area contributed by atoms with Crippen molar-refractivity contribution in [2.45, 2.75) is 57.4 Å². The molecule has 2 aliphatic rings. The van der Waals surface area contributed by atoms with Crippen molar-refractivity contribution >= 4 is 10.0 Å². The molecular formula is C20H34N2O2S. The van der Waals surface area contributed by atoms with Crippen molar-refractivity contribution in [2.24, 2.45) is 5.92 Å². The lowest BCUT2D eigenvalue weighted by Crippen LogP contribution is -2.46. The van der Waals surface area contributed by atoms with E-state index < -0.39 is 10.0 Å². The number of nitrogens with one attached hydrogen (secondary N) is 1. The van der Waals surface area contributed by atoms with Crippen LogP contribution >= 0.6 is 0 Å². The molecule has 1 spiro atoms. The van der Waals surface area contributed by atoms with Crippen LogP contribution in [0.3, 0.4) is 0 Å². The van der Waals surface area contributed by atoms with Gasteiger partial charge in [0.25, 0.3) is 0 Å². The number of sulfonamides is 1. The van der Waals surface area contributed by atoms with Crippen LogP contribution in [-0.4, -0.2) is 39.2 Å². The second kappa shape index (κ2) is 7.37. The average Bonchev–Trinajstić information content (AvgIpc) is 2.56. The zero-order valence-corrected chi connectivity index (χ0v) is 16.6.